The van der Waals surface area contributed by atoms with Crippen molar-refractivity contribution in [3.63, 3.8) is 0 Å². The summed E-state index contributed by atoms with van der Waals surface area (Å²) in [5.41, 5.74) is 29.6. The van der Waals surface area contributed by atoms with Crippen LogP contribution in [0.5, 0.6) is 0 Å². The zero-order valence-electron chi connectivity index (χ0n) is 58.0. The standard InChI is InChI=1S/C100H58N6S2/c101-59-61-20-17-27-66(48-61)68-40-44-85-93(53-68)107-95-55-70(42-46-87(95)99(85)81-36-13-9-31-76(81)77-32-10-14-37-82(77)99)91-57-89(64-22-3-1-4-23-64)103-97(105-91)71-29-18-28-67(51-71)73-49-62(60-102)50-74(52-73)69-41-45-86-94(54-69)108-96-56-72(43-47-88(96)100(86)83-38-15-11-33-78(83)79-34-12-16-39-84(79)100)98-104-90(65-24-5-2-6-25-65)58-92(106-98)80-35-19-26-63-21-7-8-30-75(63)80/h1-58H. The predicted molar refractivity (Wildman–Crippen MR) is 436 cm³/mol. The summed E-state index contributed by atoms with van der Waals surface area (Å²) in [6.45, 7) is 0. The smallest absolute Gasteiger partial charge is 0.160 e. The van der Waals surface area contributed by atoms with E-state index in [0.717, 1.165) is 120 Å². The highest BCUT2D eigenvalue weighted by Gasteiger charge is 2.52. The average molecular weight is 1410 g/mol. The van der Waals surface area contributed by atoms with Gasteiger partial charge in [-0.05, 0) is 184 Å². The molecule has 0 radical (unpaired) electrons. The fraction of sp³-hybridized carbons (Fsp3) is 0.0200. The largest absolute Gasteiger partial charge is 0.228 e. The van der Waals surface area contributed by atoms with Crippen molar-refractivity contribution in [2.45, 2.75) is 30.4 Å². The molecule has 0 fully saturated rings. The lowest BCUT2D eigenvalue weighted by Crippen LogP contribution is -2.32. The first kappa shape index (κ1) is 62.9. The normalized spacial score (nSPS) is 13.2. The van der Waals surface area contributed by atoms with Crippen molar-refractivity contribution in [1.82, 2.24) is 19.9 Å². The van der Waals surface area contributed by atoms with Gasteiger partial charge in [0.1, 0.15) is 0 Å². The molecule has 2 aromatic heterocycles. The van der Waals surface area contributed by atoms with Crippen molar-refractivity contribution >= 4 is 34.3 Å². The van der Waals surface area contributed by atoms with Crippen LogP contribution in [0, 0.1) is 22.7 Å². The van der Waals surface area contributed by atoms with Gasteiger partial charge in [-0.25, -0.2) is 19.9 Å². The van der Waals surface area contributed by atoms with Gasteiger partial charge in [-0.2, -0.15) is 10.5 Å². The maximum absolute atomic E-state index is 11.0. The number of aromatic nitrogens is 4. The van der Waals surface area contributed by atoms with Crippen molar-refractivity contribution in [2.24, 2.45) is 0 Å². The number of fused-ring (bicyclic) bond motifs is 19. The van der Waals surface area contributed by atoms with Gasteiger partial charge in [-0.15, -0.1) is 0 Å². The van der Waals surface area contributed by atoms with Gasteiger partial charge in [0.05, 0.1) is 56.9 Å². The van der Waals surface area contributed by atoms with Crippen LogP contribution in [-0.4, -0.2) is 19.9 Å². The van der Waals surface area contributed by atoms with E-state index in [1.165, 1.54) is 66.8 Å². The van der Waals surface area contributed by atoms with Crippen molar-refractivity contribution in [2.75, 3.05) is 0 Å². The molecule has 0 saturated heterocycles. The molecule has 17 aromatic rings. The van der Waals surface area contributed by atoms with Gasteiger partial charge < -0.3 is 0 Å². The van der Waals surface area contributed by atoms with Crippen LogP contribution in [0.3, 0.4) is 0 Å². The maximum Gasteiger partial charge on any atom is 0.160 e. The molecule has 108 heavy (non-hydrogen) atoms. The fourth-order valence-electron chi connectivity index (χ4n) is 17.5. The highest BCUT2D eigenvalue weighted by Crippen LogP contribution is 2.65. The second-order valence-corrected chi connectivity index (χ2v) is 30.3. The Balaban J connectivity index is 0.676. The van der Waals surface area contributed by atoms with E-state index in [-0.39, 0.29) is 0 Å². The van der Waals surface area contributed by atoms with Gasteiger partial charge in [-0.1, -0.05) is 303 Å². The Morgan fingerprint density at radius 1 is 0.222 bits per heavy atom. The number of rotatable bonds is 9. The molecule has 0 saturated carbocycles. The van der Waals surface area contributed by atoms with Crippen LogP contribution in [0.4, 0.5) is 0 Å². The minimum absolute atomic E-state index is 0.553. The van der Waals surface area contributed by atoms with Gasteiger partial charge in [0.15, 0.2) is 11.6 Å². The Hall–Kier alpha value is -13.6. The molecule has 0 N–H and O–H groups in total. The fourth-order valence-corrected chi connectivity index (χ4v) is 20.1. The molecule has 21 rings (SSSR count). The Bertz CT molecular complexity index is 6650. The lowest BCUT2D eigenvalue weighted by Gasteiger charge is -2.40. The average Bonchev–Trinajstić information content (AvgIpc) is 1.48. The molecule has 4 heterocycles. The summed E-state index contributed by atoms with van der Waals surface area (Å²) in [5, 5.41) is 23.2. The summed E-state index contributed by atoms with van der Waals surface area (Å²) in [4.78, 5) is 26.3. The lowest BCUT2D eigenvalue weighted by molar-refractivity contribution is 0.723. The van der Waals surface area contributed by atoms with E-state index in [4.69, 9.17) is 19.9 Å². The number of benzene rings is 15. The zero-order valence-corrected chi connectivity index (χ0v) is 59.6. The Morgan fingerprint density at radius 3 is 1.09 bits per heavy atom. The predicted octanol–water partition coefficient (Wildman–Crippen LogP) is 24.8. The van der Waals surface area contributed by atoms with Gasteiger partial charge in [-0.3, -0.25) is 0 Å². The topological polar surface area (TPSA) is 99.1 Å². The number of hydrogen-bond donors (Lipinski definition) is 0. The van der Waals surface area contributed by atoms with Crippen molar-refractivity contribution < 1.29 is 0 Å². The molecule has 4 aliphatic rings. The number of nitrogens with zero attached hydrogens (tertiary/aromatic N) is 6. The van der Waals surface area contributed by atoms with Gasteiger partial charge in [0, 0.05) is 53.0 Å². The van der Waals surface area contributed by atoms with Crippen molar-refractivity contribution in [3.05, 3.63) is 407 Å². The summed E-state index contributed by atoms with van der Waals surface area (Å²) >= 11 is 3.57. The van der Waals surface area contributed by atoms with Crippen LogP contribution >= 0.6 is 23.5 Å². The quantitative estimate of drug-likeness (QED) is 0.141. The summed E-state index contributed by atoms with van der Waals surface area (Å²) < 4.78 is 0. The van der Waals surface area contributed by atoms with Crippen LogP contribution < -0.4 is 0 Å². The first-order valence-corrected chi connectivity index (χ1v) is 37.9. The maximum atomic E-state index is 11.0. The molecule has 0 atom stereocenters. The van der Waals surface area contributed by atoms with Gasteiger partial charge in [0.25, 0.3) is 0 Å². The SMILES string of the molecule is N#Cc1cccc(-c2ccc3c(c2)Sc2cc(-c4cc(-c5ccccc5)nc(-c5cccc(-c6cc(C#N)cc(-c7ccc8c(c7)Sc7cc(-c9nc(-c%10ccccc%10)cc(-c%10cccc%11ccccc%10%11)n9)ccc7C87c8ccccc8-c8ccccc87)c6)c5)n4)ccc2C32c3ccccc3-c3ccccc32)c1. The molecule has 2 aliphatic heterocycles. The molecular weight excluding hydrogens is 1350 g/mol. The molecule has 2 aliphatic carbocycles. The van der Waals surface area contributed by atoms with E-state index < -0.39 is 10.8 Å². The van der Waals surface area contributed by atoms with E-state index in [0.29, 0.717) is 22.8 Å². The Morgan fingerprint density at radius 2 is 0.556 bits per heavy atom. The van der Waals surface area contributed by atoms with E-state index in [1.54, 1.807) is 23.5 Å². The first-order chi connectivity index (χ1) is 53.4. The third-order valence-corrected chi connectivity index (χ3v) is 24.5. The highest BCUT2D eigenvalue weighted by atomic mass is 32.2. The summed E-state index contributed by atoms with van der Waals surface area (Å²) in [7, 11) is 0. The lowest BCUT2D eigenvalue weighted by atomic mass is 9.67. The van der Waals surface area contributed by atoms with E-state index in [9.17, 15) is 10.5 Å². The Labute approximate surface area is 633 Å². The molecule has 0 unspecified atom stereocenters. The van der Waals surface area contributed by atoms with Crippen LogP contribution in [0.15, 0.2) is 371 Å². The van der Waals surface area contributed by atoms with Crippen LogP contribution in [0.1, 0.15) is 55.6 Å². The van der Waals surface area contributed by atoms with Crippen LogP contribution in [-0.2, 0) is 10.8 Å². The zero-order chi connectivity index (χ0) is 71.6. The number of hydrogen-bond acceptors (Lipinski definition) is 8. The van der Waals surface area contributed by atoms with Crippen LogP contribution in [0.25, 0.3) is 134 Å². The monoisotopic (exact) mass is 1410 g/mol. The molecule has 2 spiro atoms. The second kappa shape index (κ2) is 25.1. The molecule has 15 aromatic carbocycles. The molecule has 500 valence electrons. The summed E-state index contributed by atoms with van der Waals surface area (Å²) in [6.07, 6.45) is 0. The molecule has 0 bridgehead atoms. The molecular formula is C100H58N6S2. The van der Waals surface area contributed by atoms with Crippen molar-refractivity contribution in [1.29, 1.82) is 10.5 Å². The van der Waals surface area contributed by atoms with E-state index >= 15 is 0 Å². The first-order valence-electron chi connectivity index (χ1n) is 36.2. The highest BCUT2D eigenvalue weighted by molar-refractivity contribution is 7.99. The molecule has 8 heteroatoms. The number of nitriles is 2. The minimum Gasteiger partial charge on any atom is -0.228 e. The summed E-state index contributed by atoms with van der Waals surface area (Å²) in [6, 6.07) is 131. The van der Waals surface area contributed by atoms with E-state index in [1.807, 2.05) is 42.5 Å². The van der Waals surface area contributed by atoms with Crippen molar-refractivity contribution in [3.8, 4) is 136 Å². The van der Waals surface area contributed by atoms with Crippen LogP contribution in [0.2, 0.25) is 0 Å². The second-order valence-electron chi connectivity index (χ2n) is 28.1. The summed E-state index contributed by atoms with van der Waals surface area (Å²) in [5.74, 6) is 1.23. The minimum atomic E-state index is -0.650. The third-order valence-electron chi connectivity index (χ3n) is 22.3. The third kappa shape index (κ3) is 9.89. The van der Waals surface area contributed by atoms with Gasteiger partial charge >= 0.3 is 0 Å². The molecule has 6 nitrogen and oxygen atoms in total. The Kier molecular flexibility index (Phi) is 14.6. The van der Waals surface area contributed by atoms with E-state index in [2.05, 4.69) is 322 Å². The molecule has 0 amide bonds. The van der Waals surface area contributed by atoms with Gasteiger partial charge in [0.2, 0.25) is 0 Å².